The number of pyridine rings is 2. The molecule has 0 bridgehead atoms. The summed E-state index contributed by atoms with van der Waals surface area (Å²) in [6, 6.07) is 14.8. The molecule has 2 aromatic heterocycles. The number of ketones is 1. The van der Waals surface area contributed by atoms with Crippen molar-refractivity contribution in [2.75, 3.05) is 0 Å². The molecular weight excluding hydrogens is 709 g/mol. The second-order valence-electron chi connectivity index (χ2n) is 13.2. The van der Waals surface area contributed by atoms with Crippen LogP contribution in [0.3, 0.4) is 0 Å². The zero-order valence-corrected chi connectivity index (χ0v) is 29.7. The quantitative estimate of drug-likeness (QED) is 0.116. The Balaban J connectivity index is 0.000000274. The molecule has 0 spiro atoms. The van der Waals surface area contributed by atoms with Gasteiger partial charge in [0, 0.05) is 49.9 Å². The molecule has 4 aromatic rings. The van der Waals surface area contributed by atoms with Gasteiger partial charge in [0.1, 0.15) is 0 Å². The van der Waals surface area contributed by atoms with E-state index >= 15 is 0 Å². The summed E-state index contributed by atoms with van der Waals surface area (Å²) in [5.74, 6) is 0.547. The molecule has 1 aliphatic carbocycles. The number of benzene rings is 2. The molecule has 1 radical (unpaired) electrons. The van der Waals surface area contributed by atoms with Gasteiger partial charge in [-0.05, 0) is 76.9 Å². The van der Waals surface area contributed by atoms with Crippen LogP contribution in [-0.4, -0.2) is 20.9 Å². The van der Waals surface area contributed by atoms with Crippen LogP contribution in [0.1, 0.15) is 105 Å². The Morgan fingerprint density at radius 1 is 0.930 bits per heavy atom. The first-order chi connectivity index (χ1) is 19.9. The molecule has 4 nitrogen and oxygen atoms in total. The summed E-state index contributed by atoms with van der Waals surface area (Å²) < 4.78 is 0. The molecule has 2 heterocycles. The van der Waals surface area contributed by atoms with Gasteiger partial charge in [-0.3, -0.25) is 14.8 Å². The SMILES string of the molecule is CC(C)(C)c1cc2c3c(nccc3c1)-c1[c-]c3ccncc3cc1C2(C)C.CCC(CC)C(=O)/C=C(\O)C(CC)CC.[Ir]. The van der Waals surface area contributed by atoms with Gasteiger partial charge in [-0.2, -0.15) is 0 Å². The third kappa shape index (κ3) is 6.94. The predicted octanol–water partition coefficient (Wildman–Crippen LogP) is 10.1. The molecule has 0 unspecified atom stereocenters. The van der Waals surface area contributed by atoms with Crippen molar-refractivity contribution < 1.29 is 30.0 Å². The van der Waals surface area contributed by atoms with Gasteiger partial charge in [0.25, 0.3) is 0 Å². The van der Waals surface area contributed by atoms with Crippen LogP contribution in [0, 0.1) is 17.9 Å². The van der Waals surface area contributed by atoms with Crippen LogP contribution in [0.25, 0.3) is 32.8 Å². The van der Waals surface area contributed by atoms with Crippen LogP contribution in [0.15, 0.2) is 60.8 Å². The van der Waals surface area contributed by atoms with Gasteiger partial charge in [-0.1, -0.05) is 91.0 Å². The van der Waals surface area contributed by atoms with Crippen LogP contribution in [0.2, 0.25) is 0 Å². The normalized spacial score (nSPS) is 13.9. The fourth-order valence-corrected chi connectivity index (χ4v) is 6.10. The van der Waals surface area contributed by atoms with Crippen molar-refractivity contribution in [1.29, 1.82) is 0 Å². The number of hydrogen-bond donors (Lipinski definition) is 1. The predicted molar refractivity (Wildman–Crippen MR) is 176 cm³/mol. The van der Waals surface area contributed by atoms with E-state index in [9.17, 15) is 9.90 Å². The van der Waals surface area contributed by atoms with Crippen molar-refractivity contribution in [1.82, 2.24) is 9.97 Å². The molecule has 0 atom stereocenters. The van der Waals surface area contributed by atoms with Gasteiger partial charge in [-0.25, -0.2) is 0 Å². The molecule has 0 saturated heterocycles. The van der Waals surface area contributed by atoms with E-state index in [0.29, 0.717) is 0 Å². The molecular formula is C38H47IrN2O2-. The van der Waals surface area contributed by atoms with Crippen LogP contribution >= 0.6 is 0 Å². The monoisotopic (exact) mass is 756 g/mol. The molecule has 2 aromatic carbocycles. The summed E-state index contributed by atoms with van der Waals surface area (Å²) >= 11 is 0. The number of rotatable bonds is 7. The third-order valence-electron chi connectivity index (χ3n) is 9.08. The Kier molecular flexibility index (Phi) is 11.1. The molecule has 5 heteroatoms. The second kappa shape index (κ2) is 13.8. The fourth-order valence-electron chi connectivity index (χ4n) is 6.10. The van der Waals surface area contributed by atoms with E-state index in [4.69, 9.17) is 4.98 Å². The number of fused-ring (bicyclic) bond motifs is 3. The van der Waals surface area contributed by atoms with E-state index in [1.807, 2.05) is 52.4 Å². The summed E-state index contributed by atoms with van der Waals surface area (Å²) in [5, 5.41) is 14.5. The molecule has 1 aliphatic rings. The van der Waals surface area contributed by atoms with Crippen molar-refractivity contribution >= 4 is 27.3 Å². The third-order valence-corrected chi connectivity index (χ3v) is 9.08. The summed E-state index contributed by atoms with van der Waals surface area (Å²) in [6.45, 7) is 19.5. The summed E-state index contributed by atoms with van der Waals surface area (Å²) in [6.07, 6.45) is 10.6. The average molecular weight is 756 g/mol. The van der Waals surface area contributed by atoms with Crippen LogP contribution in [0.4, 0.5) is 0 Å². The number of aromatic nitrogens is 2. The van der Waals surface area contributed by atoms with Gasteiger partial charge >= 0.3 is 0 Å². The van der Waals surface area contributed by atoms with E-state index in [1.165, 1.54) is 33.5 Å². The second-order valence-corrected chi connectivity index (χ2v) is 13.2. The zero-order valence-electron chi connectivity index (χ0n) is 27.3. The number of carbonyl (C=O) groups is 1. The summed E-state index contributed by atoms with van der Waals surface area (Å²) in [4.78, 5) is 20.8. The van der Waals surface area contributed by atoms with E-state index < -0.39 is 0 Å². The van der Waals surface area contributed by atoms with E-state index in [0.717, 1.165) is 47.7 Å². The summed E-state index contributed by atoms with van der Waals surface area (Å²) in [7, 11) is 0. The van der Waals surface area contributed by atoms with Crippen LogP contribution in [-0.2, 0) is 35.7 Å². The molecule has 0 fully saturated rings. The number of carbonyl (C=O) groups excluding carboxylic acids is 1. The zero-order chi connectivity index (χ0) is 30.8. The molecule has 1 N–H and O–H groups in total. The maximum atomic E-state index is 11.7. The smallest absolute Gasteiger partial charge is 0.162 e. The minimum atomic E-state index is -0.120. The van der Waals surface area contributed by atoms with Gasteiger partial charge in [0.15, 0.2) is 5.78 Å². The first kappa shape index (κ1) is 34.6. The largest absolute Gasteiger partial charge is 0.512 e. The minimum Gasteiger partial charge on any atom is -0.512 e. The number of nitrogens with zero attached hydrogens (tertiary/aromatic N) is 2. The van der Waals surface area contributed by atoms with Crippen molar-refractivity contribution in [2.45, 2.75) is 98.8 Å². The van der Waals surface area contributed by atoms with E-state index in [-0.39, 0.29) is 54.3 Å². The van der Waals surface area contributed by atoms with Crippen LogP contribution < -0.4 is 0 Å². The fraction of sp³-hybridized carbons (Fsp3) is 0.447. The first-order valence-electron chi connectivity index (χ1n) is 15.6. The van der Waals surface area contributed by atoms with E-state index in [2.05, 4.69) is 69.9 Å². The van der Waals surface area contributed by atoms with Gasteiger partial charge < -0.3 is 5.11 Å². The topological polar surface area (TPSA) is 63.1 Å². The van der Waals surface area contributed by atoms with Crippen LogP contribution in [0.5, 0.6) is 0 Å². The maximum absolute atomic E-state index is 11.7. The molecule has 231 valence electrons. The number of hydrogen-bond acceptors (Lipinski definition) is 4. The minimum absolute atomic E-state index is 0. The van der Waals surface area contributed by atoms with Crippen molar-refractivity contribution in [2.24, 2.45) is 11.8 Å². The molecule has 0 amide bonds. The Hall–Kier alpha value is -2.88. The number of aliphatic hydroxyl groups excluding tert-OH is 1. The Bertz CT molecular complexity index is 1620. The average Bonchev–Trinajstić information content (AvgIpc) is 2.96. The Morgan fingerprint density at radius 2 is 1.58 bits per heavy atom. The standard InChI is InChI=1S/C25H23N2.C13H24O2.Ir/c1-24(2,3)18-10-16-7-9-27-23-19-11-15-6-8-26-14-17(15)12-20(19)25(4,5)21(13-18)22(16)23;1-5-10(6-2)12(14)9-13(15)11(7-3)8-4;/h6-10,12-14H,1-5H3;9-11,14H,5-8H2,1-4H3;/q-1;;/b;12-9-;. The first-order valence-corrected chi connectivity index (χ1v) is 15.6. The van der Waals surface area contributed by atoms with Gasteiger partial charge in [-0.15, -0.1) is 23.6 Å². The summed E-state index contributed by atoms with van der Waals surface area (Å²) in [5.41, 5.74) is 6.16. The van der Waals surface area contributed by atoms with Gasteiger partial charge in [0.05, 0.1) is 5.76 Å². The Labute approximate surface area is 271 Å². The molecule has 0 aliphatic heterocycles. The van der Waals surface area contributed by atoms with Crippen molar-refractivity contribution in [3.05, 3.63) is 83.5 Å². The van der Waals surface area contributed by atoms with Crippen molar-refractivity contribution in [3.8, 4) is 11.3 Å². The Morgan fingerprint density at radius 3 is 2.19 bits per heavy atom. The molecule has 0 saturated carbocycles. The van der Waals surface area contributed by atoms with Crippen molar-refractivity contribution in [3.63, 3.8) is 0 Å². The molecule has 43 heavy (non-hydrogen) atoms. The molecule has 5 rings (SSSR count). The maximum Gasteiger partial charge on any atom is 0.162 e. The van der Waals surface area contributed by atoms with E-state index in [1.54, 1.807) is 0 Å². The van der Waals surface area contributed by atoms with Gasteiger partial charge in [0.2, 0.25) is 0 Å². The number of allylic oxidation sites excluding steroid dienone is 2. The number of aliphatic hydroxyl groups is 1.